The fourth-order valence-corrected chi connectivity index (χ4v) is 4.03. The molecule has 1 aliphatic rings. The molecule has 2 rings (SSSR count). The summed E-state index contributed by atoms with van der Waals surface area (Å²) in [5.74, 6) is -0.365. The largest absolute Gasteiger partial charge is 0.285 e. The van der Waals surface area contributed by atoms with Gasteiger partial charge in [-0.05, 0) is 18.1 Å². The molecule has 0 saturated carbocycles. The van der Waals surface area contributed by atoms with E-state index >= 15 is 0 Å². The van der Waals surface area contributed by atoms with Gasteiger partial charge in [0, 0.05) is 18.1 Å². The number of fused-ring (bicyclic) bond motifs is 1. The van der Waals surface area contributed by atoms with Crippen LogP contribution in [-0.4, -0.2) is 35.5 Å². The van der Waals surface area contributed by atoms with E-state index < -0.39 is 15.9 Å². The van der Waals surface area contributed by atoms with Crippen molar-refractivity contribution in [3.63, 3.8) is 0 Å². The average Bonchev–Trinajstić information content (AvgIpc) is 2.57. The van der Waals surface area contributed by atoms with E-state index in [2.05, 4.69) is 20.9 Å². The minimum atomic E-state index is -3.76. The number of alkyl halides is 1. The van der Waals surface area contributed by atoms with Gasteiger partial charge >= 0.3 is 0 Å². The summed E-state index contributed by atoms with van der Waals surface area (Å²) in [6, 6.07) is 3.06. The number of hydrogen-bond acceptors (Lipinski definition) is 4. The minimum Gasteiger partial charge on any atom is -0.268 e. The lowest BCUT2D eigenvalue weighted by Crippen LogP contribution is -2.35. The summed E-state index contributed by atoms with van der Waals surface area (Å²) in [6.07, 6.45) is 2.18. The second-order valence-electron chi connectivity index (χ2n) is 4.13. The molecule has 1 aliphatic heterocycles. The Bertz CT molecular complexity index is 569. The van der Waals surface area contributed by atoms with Crippen molar-refractivity contribution in [2.75, 3.05) is 11.9 Å². The summed E-state index contributed by atoms with van der Waals surface area (Å²) in [7, 11) is -3.76. The first-order valence-electron chi connectivity index (χ1n) is 5.60. The van der Waals surface area contributed by atoms with Crippen LogP contribution in [0.4, 0.5) is 0 Å². The van der Waals surface area contributed by atoms with Gasteiger partial charge < -0.3 is 0 Å². The summed E-state index contributed by atoms with van der Waals surface area (Å²) in [4.78, 5) is 15.9. The van der Waals surface area contributed by atoms with Gasteiger partial charge in [0.2, 0.25) is 0 Å². The van der Waals surface area contributed by atoms with Crippen LogP contribution in [0.15, 0.2) is 23.4 Å². The molecule has 5 nitrogen and oxygen atoms in total. The summed E-state index contributed by atoms with van der Waals surface area (Å²) in [5.41, 5.74) is 0.168. The van der Waals surface area contributed by atoms with E-state index in [-0.39, 0.29) is 23.1 Å². The number of pyridine rings is 1. The van der Waals surface area contributed by atoms with Crippen LogP contribution in [0, 0.1) is 5.92 Å². The number of sulfonamides is 1. The van der Waals surface area contributed by atoms with E-state index in [1.807, 2.05) is 6.92 Å². The zero-order valence-electron chi connectivity index (χ0n) is 9.84. The number of aromatic nitrogens is 1. The molecule has 0 aliphatic carbocycles. The number of rotatable bonds is 4. The normalized spacial score (nSPS) is 18.8. The molecule has 0 bridgehead atoms. The van der Waals surface area contributed by atoms with Crippen LogP contribution in [0.25, 0.3) is 0 Å². The number of carbonyl (C=O) groups excluding carboxylic acids is 1. The van der Waals surface area contributed by atoms with Crippen LogP contribution in [0.5, 0.6) is 0 Å². The van der Waals surface area contributed by atoms with Gasteiger partial charge in [0.15, 0.2) is 5.03 Å². The summed E-state index contributed by atoms with van der Waals surface area (Å²) >= 11 is 3.33. The van der Waals surface area contributed by atoms with E-state index in [0.29, 0.717) is 5.33 Å². The Morgan fingerprint density at radius 1 is 1.50 bits per heavy atom. The first-order chi connectivity index (χ1) is 8.52. The molecule has 0 spiro atoms. The molecule has 18 heavy (non-hydrogen) atoms. The maximum atomic E-state index is 12.2. The Balaban J connectivity index is 2.39. The molecule has 0 fully saturated rings. The van der Waals surface area contributed by atoms with Crippen molar-refractivity contribution in [1.29, 1.82) is 0 Å². The monoisotopic (exact) mass is 332 g/mol. The van der Waals surface area contributed by atoms with Gasteiger partial charge in [-0.1, -0.05) is 29.3 Å². The molecule has 7 heteroatoms. The van der Waals surface area contributed by atoms with Crippen LogP contribution < -0.4 is 0 Å². The van der Waals surface area contributed by atoms with Crippen LogP contribution in [0.2, 0.25) is 0 Å². The van der Waals surface area contributed by atoms with Crippen molar-refractivity contribution < 1.29 is 13.2 Å². The fraction of sp³-hybridized carbons (Fsp3) is 0.455. The Morgan fingerprint density at radius 3 is 2.78 bits per heavy atom. The maximum Gasteiger partial charge on any atom is 0.285 e. The molecule has 98 valence electrons. The highest BCUT2D eigenvalue weighted by atomic mass is 79.9. The van der Waals surface area contributed by atoms with Crippen molar-refractivity contribution in [2.24, 2.45) is 5.92 Å². The van der Waals surface area contributed by atoms with Crippen molar-refractivity contribution >= 4 is 31.9 Å². The lowest BCUT2D eigenvalue weighted by atomic mass is 10.1. The number of carbonyl (C=O) groups is 1. The summed E-state index contributed by atoms with van der Waals surface area (Å²) in [5, 5.41) is 0.534. The lowest BCUT2D eigenvalue weighted by Gasteiger charge is -2.19. The molecule has 0 aromatic carbocycles. The van der Waals surface area contributed by atoms with Crippen molar-refractivity contribution in [1.82, 2.24) is 9.29 Å². The number of amides is 1. The molecule has 2 heterocycles. The fourth-order valence-electron chi connectivity index (χ4n) is 1.81. The molecule has 0 radical (unpaired) electrons. The molecular weight excluding hydrogens is 320 g/mol. The Morgan fingerprint density at radius 2 is 2.22 bits per heavy atom. The molecule has 1 atom stereocenters. The van der Waals surface area contributed by atoms with E-state index in [4.69, 9.17) is 0 Å². The predicted octanol–water partition coefficient (Wildman–Crippen LogP) is 1.65. The molecule has 1 amide bonds. The summed E-state index contributed by atoms with van der Waals surface area (Å²) in [6.45, 7) is 2.16. The van der Waals surface area contributed by atoms with Gasteiger partial charge in [0.25, 0.3) is 15.9 Å². The molecule has 1 aromatic heterocycles. The van der Waals surface area contributed by atoms with Gasteiger partial charge in [0.1, 0.15) is 0 Å². The molecular formula is C11H13BrN2O3S. The maximum absolute atomic E-state index is 12.2. The van der Waals surface area contributed by atoms with Gasteiger partial charge in [-0.2, -0.15) is 8.42 Å². The van der Waals surface area contributed by atoms with E-state index in [9.17, 15) is 13.2 Å². The van der Waals surface area contributed by atoms with Crippen molar-refractivity contribution in [3.8, 4) is 0 Å². The van der Waals surface area contributed by atoms with Gasteiger partial charge in [-0.25, -0.2) is 9.29 Å². The van der Waals surface area contributed by atoms with Crippen LogP contribution in [0.1, 0.15) is 23.7 Å². The van der Waals surface area contributed by atoms with Crippen LogP contribution in [0.3, 0.4) is 0 Å². The number of hydrogen-bond donors (Lipinski definition) is 0. The van der Waals surface area contributed by atoms with Gasteiger partial charge in [0.05, 0.1) is 5.56 Å². The predicted molar refractivity (Wildman–Crippen MR) is 70.0 cm³/mol. The van der Waals surface area contributed by atoms with Crippen molar-refractivity contribution in [3.05, 3.63) is 23.9 Å². The number of halogens is 1. The van der Waals surface area contributed by atoms with Crippen LogP contribution in [-0.2, 0) is 10.0 Å². The second kappa shape index (κ2) is 4.97. The standard InChI is InChI=1S/C11H13BrN2O3S/c1-2-8(6-12)7-14-11(15)9-4-3-5-13-10(9)18(14,16)17/h3-5,8H,2,6-7H2,1H3. The molecule has 0 saturated heterocycles. The third kappa shape index (κ3) is 2.05. The van der Waals surface area contributed by atoms with Crippen molar-refractivity contribution in [2.45, 2.75) is 18.4 Å². The molecule has 0 N–H and O–H groups in total. The Labute approximate surface area is 114 Å². The third-order valence-electron chi connectivity index (χ3n) is 2.98. The highest BCUT2D eigenvalue weighted by Crippen LogP contribution is 2.29. The smallest absolute Gasteiger partial charge is 0.268 e. The topological polar surface area (TPSA) is 67.3 Å². The highest BCUT2D eigenvalue weighted by Gasteiger charge is 2.42. The lowest BCUT2D eigenvalue weighted by molar-refractivity contribution is 0.0859. The Hall–Kier alpha value is -0.950. The molecule has 1 aromatic rings. The quantitative estimate of drug-likeness (QED) is 0.786. The average molecular weight is 333 g/mol. The second-order valence-corrected chi connectivity index (χ2v) is 6.55. The van der Waals surface area contributed by atoms with Gasteiger partial charge in [-0.15, -0.1) is 0 Å². The first kappa shape index (κ1) is 13.5. The van der Waals surface area contributed by atoms with Crippen LogP contribution >= 0.6 is 15.9 Å². The SMILES string of the molecule is CCC(CBr)CN1C(=O)c2cccnc2S1(=O)=O. The highest BCUT2D eigenvalue weighted by molar-refractivity contribution is 9.09. The first-order valence-corrected chi connectivity index (χ1v) is 8.16. The van der Waals surface area contributed by atoms with E-state index in [1.54, 1.807) is 6.07 Å². The van der Waals surface area contributed by atoms with E-state index in [0.717, 1.165) is 10.7 Å². The summed E-state index contributed by atoms with van der Waals surface area (Å²) < 4.78 is 25.3. The zero-order valence-corrected chi connectivity index (χ0v) is 12.2. The zero-order chi connectivity index (χ0) is 13.3. The van der Waals surface area contributed by atoms with Gasteiger partial charge in [-0.3, -0.25) is 4.79 Å². The number of nitrogens with zero attached hydrogens (tertiary/aromatic N) is 2. The van der Waals surface area contributed by atoms with E-state index in [1.165, 1.54) is 12.3 Å². The third-order valence-corrected chi connectivity index (χ3v) is 5.61. The minimum absolute atomic E-state index is 0.109. The Kier molecular flexibility index (Phi) is 3.72. The molecule has 1 unspecified atom stereocenters.